The topological polar surface area (TPSA) is 38.3 Å². The molecule has 1 fully saturated rings. The summed E-state index contributed by atoms with van der Waals surface area (Å²) in [5.74, 6) is 0.843. The van der Waals surface area contributed by atoms with Crippen molar-refractivity contribution < 1.29 is 9.53 Å². The van der Waals surface area contributed by atoms with Crippen LogP contribution in [0.3, 0.4) is 0 Å². The number of rotatable bonds is 6. The van der Waals surface area contributed by atoms with E-state index < -0.39 is 0 Å². The lowest BCUT2D eigenvalue weighted by Gasteiger charge is -2.30. The van der Waals surface area contributed by atoms with Crippen LogP contribution in [-0.2, 0) is 10.2 Å². The van der Waals surface area contributed by atoms with Crippen molar-refractivity contribution in [3.8, 4) is 5.75 Å². The summed E-state index contributed by atoms with van der Waals surface area (Å²) in [6.45, 7) is 0.687. The highest BCUT2D eigenvalue weighted by atomic mass is 32.1. The molecule has 0 spiro atoms. The maximum Gasteiger partial charge on any atom is 0.244 e. The Morgan fingerprint density at radius 2 is 2.00 bits per heavy atom. The third-order valence-corrected chi connectivity index (χ3v) is 5.54. The van der Waals surface area contributed by atoms with Gasteiger partial charge in [0, 0.05) is 18.0 Å². The Balaban J connectivity index is 1.66. The van der Waals surface area contributed by atoms with Gasteiger partial charge in [0.2, 0.25) is 5.91 Å². The minimum absolute atomic E-state index is 0.0269. The van der Waals surface area contributed by atoms with Gasteiger partial charge in [0.15, 0.2) is 0 Å². The number of thiophene rings is 1. The summed E-state index contributed by atoms with van der Waals surface area (Å²) >= 11 is 1.63. The third kappa shape index (κ3) is 3.88. The fourth-order valence-electron chi connectivity index (χ4n) is 3.42. The van der Waals surface area contributed by atoms with Crippen LogP contribution in [0.5, 0.6) is 5.75 Å². The molecule has 4 heteroatoms. The number of methoxy groups -OCH3 is 1. The number of ether oxygens (including phenoxy) is 1. The summed E-state index contributed by atoms with van der Waals surface area (Å²) < 4.78 is 5.25. The van der Waals surface area contributed by atoms with E-state index in [9.17, 15) is 4.79 Å². The molecule has 1 saturated carbocycles. The highest BCUT2D eigenvalue weighted by molar-refractivity contribution is 7.08. The van der Waals surface area contributed by atoms with Crippen LogP contribution in [0.25, 0.3) is 6.08 Å². The summed E-state index contributed by atoms with van der Waals surface area (Å²) in [7, 11) is 1.68. The summed E-state index contributed by atoms with van der Waals surface area (Å²) in [4.78, 5) is 12.2. The van der Waals surface area contributed by atoms with Gasteiger partial charge in [-0.05, 0) is 59.0 Å². The maximum atomic E-state index is 12.2. The fourth-order valence-corrected chi connectivity index (χ4v) is 4.05. The van der Waals surface area contributed by atoms with Gasteiger partial charge >= 0.3 is 0 Å². The molecule has 1 aromatic heterocycles. The summed E-state index contributed by atoms with van der Waals surface area (Å²) in [6, 6.07) is 10.3. The molecule has 0 aliphatic heterocycles. The number of benzene rings is 1. The zero-order valence-electron chi connectivity index (χ0n) is 14.0. The van der Waals surface area contributed by atoms with Crippen molar-refractivity contribution in [1.29, 1.82) is 0 Å². The van der Waals surface area contributed by atoms with Crippen molar-refractivity contribution in [1.82, 2.24) is 5.32 Å². The second-order valence-corrected chi connectivity index (χ2v) is 7.10. The second-order valence-electron chi connectivity index (χ2n) is 6.32. The van der Waals surface area contributed by atoms with E-state index in [1.807, 2.05) is 35.0 Å². The Kier molecular flexibility index (Phi) is 5.36. The standard InChI is InChI=1S/C20H23NO2S/c1-23-18-7-5-17(6-8-18)20(11-2-3-12-20)15-21-19(22)9-4-16-10-13-24-14-16/h4-10,13-14H,2-3,11-12,15H2,1H3,(H,21,22)/b9-4+. The normalized spacial score (nSPS) is 16.4. The van der Waals surface area contributed by atoms with Gasteiger partial charge in [0.05, 0.1) is 7.11 Å². The van der Waals surface area contributed by atoms with Crippen molar-refractivity contribution in [3.05, 3.63) is 58.3 Å². The number of hydrogen-bond acceptors (Lipinski definition) is 3. The van der Waals surface area contributed by atoms with Crippen LogP contribution in [0.15, 0.2) is 47.2 Å². The highest BCUT2D eigenvalue weighted by Crippen LogP contribution is 2.41. The quantitative estimate of drug-likeness (QED) is 0.791. The molecule has 0 atom stereocenters. The molecule has 1 aliphatic rings. The van der Waals surface area contributed by atoms with Crippen molar-refractivity contribution in [2.24, 2.45) is 0 Å². The summed E-state index contributed by atoms with van der Waals surface area (Å²) in [5, 5.41) is 7.14. The van der Waals surface area contributed by atoms with Gasteiger partial charge in [0.25, 0.3) is 0 Å². The van der Waals surface area contributed by atoms with Crippen molar-refractivity contribution >= 4 is 23.3 Å². The van der Waals surface area contributed by atoms with Crippen LogP contribution in [0.2, 0.25) is 0 Å². The lowest BCUT2D eigenvalue weighted by atomic mass is 9.78. The average molecular weight is 341 g/mol. The summed E-state index contributed by atoms with van der Waals surface area (Å²) in [6.07, 6.45) is 8.15. The van der Waals surface area contributed by atoms with Crippen LogP contribution in [0.1, 0.15) is 36.8 Å². The molecular formula is C20H23NO2S. The zero-order chi connectivity index (χ0) is 16.8. The van der Waals surface area contributed by atoms with E-state index >= 15 is 0 Å². The van der Waals surface area contributed by atoms with E-state index in [-0.39, 0.29) is 11.3 Å². The molecule has 126 valence electrons. The Labute approximate surface area is 147 Å². The molecule has 1 heterocycles. The number of carbonyl (C=O) groups is 1. The minimum Gasteiger partial charge on any atom is -0.497 e. The first-order valence-electron chi connectivity index (χ1n) is 8.34. The van der Waals surface area contributed by atoms with Crippen LogP contribution in [0, 0.1) is 0 Å². The van der Waals surface area contributed by atoms with E-state index in [1.54, 1.807) is 24.5 Å². The lowest BCUT2D eigenvalue weighted by Crippen LogP contribution is -2.38. The molecule has 1 N–H and O–H groups in total. The molecule has 0 saturated heterocycles. The third-order valence-electron chi connectivity index (χ3n) is 4.83. The van der Waals surface area contributed by atoms with Crippen molar-refractivity contribution in [3.63, 3.8) is 0 Å². The number of amides is 1. The van der Waals surface area contributed by atoms with E-state index in [1.165, 1.54) is 18.4 Å². The smallest absolute Gasteiger partial charge is 0.244 e. The lowest BCUT2D eigenvalue weighted by molar-refractivity contribution is -0.116. The Morgan fingerprint density at radius 3 is 2.62 bits per heavy atom. The van der Waals surface area contributed by atoms with E-state index in [0.29, 0.717) is 6.54 Å². The molecule has 3 nitrogen and oxygen atoms in total. The van der Waals surface area contributed by atoms with Gasteiger partial charge in [-0.15, -0.1) is 0 Å². The Hall–Kier alpha value is -2.07. The molecule has 1 aromatic carbocycles. The predicted octanol–water partition coefficient (Wildman–Crippen LogP) is 4.40. The van der Waals surface area contributed by atoms with Crippen LogP contribution in [0.4, 0.5) is 0 Å². The number of carbonyl (C=O) groups excluding carboxylic acids is 1. The van der Waals surface area contributed by atoms with Gasteiger partial charge in [-0.3, -0.25) is 4.79 Å². The summed E-state index contributed by atoms with van der Waals surface area (Å²) in [5.41, 5.74) is 2.42. The fraction of sp³-hybridized carbons (Fsp3) is 0.350. The van der Waals surface area contributed by atoms with E-state index in [4.69, 9.17) is 4.74 Å². The SMILES string of the molecule is COc1ccc(C2(CNC(=O)/C=C/c3ccsc3)CCCC2)cc1. The Bertz CT molecular complexity index is 683. The second kappa shape index (κ2) is 7.67. The predicted molar refractivity (Wildman–Crippen MR) is 99.5 cm³/mol. The van der Waals surface area contributed by atoms with Gasteiger partial charge in [-0.2, -0.15) is 11.3 Å². The van der Waals surface area contributed by atoms with E-state index in [0.717, 1.165) is 24.2 Å². The average Bonchev–Trinajstić information content (AvgIpc) is 3.31. The molecule has 0 radical (unpaired) electrons. The number of hydrogen-bond donors (Lipinski definition) is 1. The first-order chi connectivity index (χ1) is 11.7. The molecule has 3 rings (SSSR count). The molecule has 1 amide bonds. The van der Waals surface area contributed by atoms with Gasteiger partial charge in [-0.1, -0.05) is 25.0 Å². The van der Waals surface area contributed by atoms with Gasteiger partial charge in [-0.25, -0.2) is 0 Å². The first-order valence-corrected chi connectivity index (χ1v) is 9.29. The molecule has 0 bridgehead atoms. The molecule has 0 unspecified atom stereocenters. The van der Waals surface area contributed by atoms with Crippen LogP contribution >= 0.6 is 11.3 Å². The zero-order valence-corrected chi connectivity index (χ0v) is 14.8. The van der Waals surface area contributed by atoms with Crippen LogP contribution < -0.4 is 10.1 Å². The van der Waals surface area contributed by atoms with Crippen LogP contribution in [-0.4, -0.2) is 19.6 Å². The molecule has 1 aliphatic carbocycles. The Morgan fingerprint density at radius 1 is 1.25 bits per heavy atom. The highest BCUT2D eigenvalue weighted by Gasteiger charge is 2.35. The first kappa shape index (κ1) is 16.8. The van der Waals surface area contributed by atoms with E-state index in [2.05, 4.69) is 17.4 Å². The maximum absolute atomic E-state index is 12.2. The largest absolute Gasteiger partial charge is 0.497 e. The molecule has 24 heavy (non-hydrogen) atoms. The van der Waals surface area contributed by atoms with Crippen molar-refractivity contribution in [2.45, 2.75) is 31.1 Å². The molecular weight excluding hydrogens is 318 g/mol. The minimum atomic E-state index is -0.0269. The number of nitrogens with one attached hydrogen (secondary N) is 1. The van der Waals surface area contributed by atoms with Crippen molar-refractivity contribution in [2.75, 3.05) is 13.7 Å². The molecule has 2 aromatic rings. The van der Waals surface area contributed by atoms with Gasteiger partial charge in [0.1, 0.15) is 5.75 Å². The van der Waals surface area contributed by atoms with Gasteiger partial charge < -0.3 is 10.1 Å². The monoisotopic (exact) mass is 341 g/mol.